The third kappa shape index (κ3) is 1.40. The minimum Gasteiger partial charge on any atom is -0.508 e. The van der Waals surface area contributed by atoms with Crippen LogP contribution in [0.15, 0.2) is 18.2 Å². The lowest BCUT2D eigenvalue weighted by atomic mass is 10.0. The Bertz CT molecular complexity index is 334. The highest BCUT2D eigenvalue weighted by Crippen LogP contribution is 2.48. The second-order valence-electron chi connectivity index (χ2n) is 3.49. The van der Waals surface area contributed by atoms with Crippen LogP contribution in [0.25, 0.3) is 0 Å². The molecule has 1 aromatic rings. The molecule has 1 aromatic carbocycles. The summed E-state index contributed by atoms with van der Waals surface area (Å²) in [7, 11) is 1.91. The number of phenolic OH excluding ortho intramolecular Hbond substituents is 1. The fourth-order valence-electron chi connectivity index (χ4n) is 1.67. The molecular formula is C10H12ClNO. The zero-order valence-electron chi connectivity index (χ0n) is 7.47. The van der Waals surface area contributed by atoms with Crippen LogP contribution in [0.5, 0.6) is 5.75 Å². The molecule has 1 aliphatic carbocycles. The van der Waals surface area contributed by atoms with Crippen molar-refractivity contribution in [2.75, 3.05) is 7.05 Å². The van der Waals surface area contributed by atoms with Crippen LogP contribution in [0.3, 0.4) is 0 Å². The van der Waals surface area contributed by atoms with Crippen LogP contribution in [0, 0.1) is 0 Å². The lowest BCUT2D eigenvalue weighted by molar-refractivity contribution is 0.449. The van der Waals surface area contributed by atoms with E-state index in [9.17, 15) is 5.11 Å². The average molecular weight is 198 g/mol. The van der Waals surface area contributed by atoms with Gasteiger partial charge in [0.2, 0.25) is 0 Å². The van der Waals surface area contributed by atoms with Crippen LogP contribution in [-0.4, -0.2) is 12.2 Å². The molecular weight excluding hydrogens is 186 g/mol. The minimum atomic E-state index is -0.0189. The third-order valence-corrected chi connectivity index (χ3v) is 2.94. The number of phenols is 1. The first kappa shape index (κ1) is 8.85. The maximum atomic E-state index is 9.64. The molecule has 1 aliphatic rings. The Labute approximate surface area is 82.5 Å². The van der Waals surface area contributed by atoms with Gasteiger partial charge in [-0.05, 0) is 38.1 Å². The molecule has 70 valence electrons. The van der Waals surface area contributed by atoms with Crippen molar-refractivity contribution in [3.63, 3.8) is 0 Å². The van der Waals surface area contributed by atoms with Crippen molar-refractivity contribution in [1.29, 1.82) is 0 Å². The van der Waals surface area contributed by atoms with Gasteiger partial charge >= 0.3 is 0 Å². The fraction of sp³-hybridized carbons (Fsp3) is 0.400. The molecule has 0 unspecified atom stereocenters. The summed E-state index contributed by atoms with van der Waals surface area (Å²) in [5.41, 5.74) is 0.900. The molecule has 0 atom stereocenters. The summed E-state index contributed by atoms with van der Waals surface area (Å²) >= 11 is 5.87. The number of hydrogen-bond donors (Lipinski definition) is 2. The number of aromatic hydroxyl groups is 1. The quantitative estimate of drug-likeness (QED) is 0.763. The smallest absolute Gasteiger partial charge is 0.120 e. The van der Waals surface area contributed by atoms with Crippen LogP contribution >= 0.6 is 11.6 Å². The molecule has 0 bridgehead atoms. The van der Waals surface area contributed by atoms with Gasteiger partial charge in [0.1, 0.15) is 5.75 Å². The molecule has 1 saturated carbocycles. The van der Waals surface area contributed by atoms with Gasteiger partial charge in [0.05, 0.1) is 0 Å². The van der Waals surface area contributed by atoms with Gasteiger partial charge in [0.25, 0.3) is 0 Å². The number of halogens is 1. The van der Waals surface area contributed by atoms with Gasteiger partial charge in [-0.1, -0.05) is 11.6 Å². The normalized spacial score (nSPS) is 18.6. The first-order chi connectivity index (χ1) is 6.18. The predicted molar refractivity (Wildman–Crippen MR) is 53.1 cm³/mol. The van der Waals surface area contributed by atoms with E-state index in [1.54, 1.807) is 12.1 Å². The zero-order chi connectivity index (χ0) is 9.47. The molecule has 0 aliphatic heterocycles. The molecule has 2 nitrogen and oxygen atoms in total. The Balaban J connectivity index is 2.44. The van der Waals surface area contributed by atoms with Crippen molar-refractivity contribution < 1.29 is 5.11 Å². The zero-order valence-corrected chi connectivity index (χ0v) is 8.23. The lowest BCUT2D eigenvalue weighted by Gasteiger charge is -2.16. The number of nitrogens with one attached hydrogen (secondary N) is 1. The first-order valence-corrected chi connectivity index (χ1v) is 4.74. The first-order valence-electron chi connectivity index (χ1n) is 4.36. The van der Waals surface area contributed by atoms with E-state index in [0.29, 0.717) is 10.8 Å². The summed E-state index contributed by atoms with van der Waals surface area (Å²) < 4.78 is 0. The largest absolute Gasteiger partial charge is 0.508 e. The van der Waals surface area contributed by atoms with Crippen LogP contribution in [-0.2, 0) is 5.54 Å². The summed E-state index contributed by atoms with van der Waals surface area (Å²) in [5, 5.41) is 13.5. The predicted octanol–water partition coefficient (Wildman–Crippen LogP) is 2.25. The molecule has 0 radical (unpaired) electrons. The van der Waals surface area contributed by atoms with Crippen LogP contribution in [0.4, 0.5) is 0 Å². The highest BCUT2D eigenvalue weighted by Gasteiger charge is 2.44. The second-order valence-corrected chi connectivity index (χ2v) is 3.93. The van der Waals surface area contributed by atoms with Gasteiger partial charge in [-0.2, -0.15) is 0 Å². The standard InChI is InChI=1S/C10H12ClNO/c1-12-10(4-5-10)8-6-7(11)2-3-9(8)13/h2-3,6,12-13H,4-5H2,1H3. The molecule has 2 N–H and O–H groups in total. The molecule has 1 fully saturated rings. The molecule has 0 aromatic heterocycles. The van der Waals surface area contributed by atoms with Gasteiger partial charge < -0.3 is 10.4 Å². The monoisotopic (exact) mass is 197 g/mol. The van der Waals surface area contributed by atoms with E-state index in [1.807, 2.05) is 13.1 Å². The molecule has 0 amide bonds. The van der Waals surface area contributed by atoms with Crippen molar-refractivity contribution in [1.82, 2.24) is 5.32 Å². The molecule has 3 heteroatoms. The average Bonchev–Trinajstić information content (AvgIpc) is 2.90. The summed E-state index contributed by atoms with van der Waals surface area (Å²) in [5.74, 6) is 0.330. The topological polar surface area (TPSA) is 32.3 Å². The maximum absolute atomic E-state index is 9.64. The Morgan fingerprint density at radius 3 is 2.69 bits per heavy atom. The lowest BCUT2D eigenvalue weighted by Crippen LogP contribution is -2.24. The number of hydrogen-bond acceptors (Lipinski definition) is 2. The number of rotatable bonds is 2. The van der Waals surface area contributed by atoms with E-state index in [0.717, 1.165) is 18.4 Å². The Hall–Kier alpha value is -0.730. The highest BCUT2D eigenvalue weighted by molar-refractivity contribution is 6.30. The summed E-state index contributed by atoms with van der Waals surface area (Å²) in [6.07, 6.45) is 2.13. The molecule has 0 heterocycles. The van der Waals surface area contributed by atoms with Crippen molar-refractivity contribution in [2.24, 2.45) is 0 Å². The van der Waals surface area contributed by atoms with Gasteiger partial charge in [-0.25, -0.2) is 0 Å². The summed E-state index contributed by atoms with van der Waals surface area (Å²) in [4.78, 5) is 0. The Morgan fingerprint density at radius 1 is 1.46 bits per heavy atom. The van der Waals surface area contributed by atoms with E-state index in [-0.39, 0.29) is 5.54 Å². The van der Waals surface area contributed by atoms with E-state index in [1.165, 1.54) is 0 Å². The van der Waals surface area contributed by atoms with Gasteiger partial charge in [-0.3, -0.25) is 0 Å². The minimum absolute atomic E-state index is 0.0189. The fourth-order valence-corrected chi connectivity index (χ4v) is 1.84. The van der Waals surface area contributed by atoms with E-state index >= 15 is 0 Å². The Kier molecular flexibility index (Phi) is 1.97. The van der Waals surface area contributed by atoms with Crippen LogP contribution in [0.1, 0.15) is 18.4 Å². The van der Waals surface area contributed by atoms with Gasteiger partial charge in [-0.15, -0.1) is 0 Å². The van der Waals surface area contributed by atoms with E-state index < -0.39 is 0 Å². The third-order valence-electron chi connectivity index (χ3n) is 2.70. The van der Waals surface area contributed by atoms with Crippen LogP contribution in [0.2, 0.25) is 5.02 Å². The second kappa shape index (κ2) is 2.89. The molecule has 0 spiro atoms. The van der Waals surface area contributed by atoms with Crippen molar-refractivity contribution in [3.8, 4) is 5.75 Å². The van der Waals surface area contributed by atoms with Crippen molar-refractivity contribution >= 4 is 11.6 Å². The maximum Gasteiger partial charge on any atom is 0.120 e. The van der Waals surface area contributed by atoms with E-state index in [2.05, 4.69) is 5.32 Å². The van der Waals surface area contributed by atoms with Crippen molar-refractivity contribution in [3.05, 3.63) is 28.8 Å². The summed E-state index contributed by atoms with van der Waals surface area (Å²) in [6, 6.07) is 5.18. The molecule has 2 rings (SSSR count). The van der Waals surface area contributed by atoms with Crippen molar-refractivity contribution in [2.45, 2.75) is 18.4 Å². The summed E-state index contributed by atoms with van der Waals surface area (Å²) in [6.45, 7) is 0. The Morgan fingerprint density at radius 2 is 2.15 bits per heavy atom. The SMILES string of the molecule is CNC1(c2cc(Cl)ccc2O)CC1. The highest BCUT2D eigenvalue weighted by atomic mass is 35.5. The van der Waals surface area contributed by atoms with Crippen LogP contribution < -0.4 is 5.32 Å². The van der Waals surface area contributed by atoms with Gasteiger partial charge in [0.15, 0.2) is 0 Å². The number of benzene rings is 1. The molecule has 13 heavy (non-hydrogen) atoms. The molecule has 0 saturated heterocycles. The van der Waals surface area contributed by atoms with E-state index in [4.69, 9.17) is 11.6 Å². The van der Waals surface area contributed by atoms with Gasteiger partial charge in [0, 0.05) is 16.1 Å².